The third-order valence-corrected chi connectivity index (χ3v) is 10.3. The van der Waals surface area contributed by atoms with Gasteiger partial charge in [0.1, 0.15) is 11.6 Å². The van der Waals surface area contributed by atoms with Gasteiger partial charge >= 0.3 is 6.09 Å². The summed E-state index contributed by atoms with van der Waals surface area (Å²) < 4.78 is 38.1. The molecule has 12 heteroatoms. The lowest BCUT2D eigenvalue weighted by atomic mass is 9.61. The first-order valence-electron chi connectivity index (χ1n) is 14.5. The second-order valence-corrected chi connectivity index (χ2v) is 14.2. The molecule has 0 bridgehead atoms. The Balaban J connectivity index is 1.21. The second kappa shape index (κ2) is 10.00. The Kier molecular flexibility index (Phi) is 6.95. The zero-order chi connectivity index (χ0) is 29.2. The number of aliphatic hydroxyl groups excluding tert-OH is 1. The van der Waals surface area contributed by atoms with Crippen LogP contribution in [0.5, 0.6) is 0 Å². The molecule has 0 unspecified atom stereocenters. The minimum Gasteiger partial charge on any atom is -0.444 e. The summed E-state index contributed by atoms with van der Waals surface area (Å²) in [6.07, 6.45) is 2.10. The summed E-state index contributed by atoms with van der Waals surface area (Å²) in [5, 5.41) is 19.3. The fraction of sp³-hybridized carbons (Fsp3) is 0.724. The van der Waals surface area contributed by atoms with E-state index in [0.29, 0.717) is 38.3 Å². The number of rotatable bonds is 4. The average Bonchev–Trinajstić information content (AvgIpc) is 3.58. The number of likely N-dealkylation sites (tertiary alicyclic amines) is 2. The van der Waals surface area contributed by atoms with Gasteiger partial charge in [0.05, 0.1) is 11.5 Å². The van der Waals surface area contributed by atoms with E-state index in [-0.39, 0.29) is 36.5 Å². The maximum Gasteiger partial charge on any atom is 0.410 e. The molecule has 2 aromatic rings. The quantitative estimate of drug-likeness (QED) is 0.527. The van der Waals surface area contributed by atoms with Gasteiger partial charge in [-0.1, -0.05) is 11.6 Å². The summed E-state index contributed by atoms with van der Waals surface area (Å²) in [4.78, 5) is 35.2. The van der Waals surface area contributed by atoms with Crippen molar-refractivity contribution in [2.24, 2.45) is 5.41 Å². The van der Waals surface area contributed by atoms with E-state index in [4.69, 9.17) is 9.26 Å². The summed E-state index contributed by atoms with van der Waals surface area (Å²) in [6, 6.07) is 1.20. The van der Waals surface area contributed by atoms with Gasteiger partial charge in [-0.15, -0.1) is 0 Å². The number of aliphatic hydroxyl groups is 1. The lowest BCUT2D eigenvalue weighted by molar-refractivity contribution is -0.153. The number of ether oxygens (including phenoxy) is 1. The first kappa shape index (κ1) is 28.5. The largest absolute Gasteiger partial charge is 0.444 e. The van der Waals surface area contributed by atoms with Gasteiger partial charge in [0.25, 0.3) is 0 Å². The maximum atomic E-state index is 14.0. The van der Waals surface area contributed by atoms with Gasteiger partial charge in [-0.25, -0.2) is 13.6 Å². The third-order valence-electron chi connectivity index (χ3n) is 9.59. The van der Waals surface area contributed by atoms with E-state index in [2.05, 4.69) is 10.1 Å². The summed E-state index contributed by atoms with van der Waals surface area (Å²) in [7, 11) is 0. The van der Waals surface area contributed by atoms with Crippen molar-refractivity contribution >= 4 is 23.3 Å². The van der Waals surface area contributed by atoms with Crippen molar-refractivity contribution < 1.29 is 32.7 Å². The molecule has 2 amide bonds. The highest BCUT2D eigenvalue weighted by molar-refractivity contribution is 7.08. The molecule has 4 heterocycles. The van der Waals surface area contributed by atoms with E-state index < -0.39 is 41.1 Å². The summed E-state index contributed by atoms with van der Waals surface area (Å²) in [5.74, 6) is -2.62. The molecule has 6 rings (SSSR count). The number of nitrogens with zero attached hydrogens (tertiary/aromatic N) is 4. The molecule has 224 valence electrons. The predicted molar refractivity (Wildman–Crippen MR) is 146 cm³/mol. The molecule has 2 aliphatic carbocycles. The van der Waals surface area contributed by atoms with Gasteiger partial charge < -0.3 is 19.3 Å². The lowest BCUT2D eigenvalue weighted by Crippen LogP contribution is -2.65. The van der Waals surface area contributed by atoms with Crippen LogP contribution in [0.4, 0.5) is 13.6 Å². The van der Waals surface area contributed by atoms with Crippen LogP contribution in [0.2, 0.25) is 0 Å². The Morgan fingerprint density at radius 3 is 2.44 bits per heavy atom. The van der Waals surface area contributed by atoms with Crippen LogP contribution in [0.15, 0.2) is 21.3 Å². The van der Waals surface area contributed by atoms with Crippen LogP contribution in [0.1, 0.15) is 95.3 Å². The third kappa shape index (κ3) is 5.15. The average molecular weight is 593 g/mol. The van der Waals surface area contributed by atoms with E-state index in [1.54, 1.807) is 41.9 Å². The van der Waals surface area contributed by atoms with Crippen LogP contribution in [-0.2, 0) is 14.9 Å². The number of alkyl halides is 2. The maximum absolute atomic E-state index is 14.0. The minimum atomic E-state index is -2.69. The van der Waals surface area contributed by atoms with Crippen molar-refractivity contribution in [3.05, 3.63) is 34.1 Å². The molecule has 2 saturated heterocycles. The summed E-state index contributed by atoms with van der Waals surface area (Å²) >= 11 is 1.55. The number of amides is 2. The van der Waals surface area contributed by atoms with Gasteiger partial charge in [0.15, 0.2) is 5.82 Å². The van der Waals surface area contributed by atoms with Crippen LogP contribution < -0.4 is 0 Å². The van der Waals surface area contributed by atoms with Gasteiger partial charge in [-0.2, -0.15) is 16.3 Å². The van der Waals surface area contributed by atoms with Crippen molar-refractivity contribution in [1.82, 2.24) is 19.9 Å². The van der Waals surface area contributed by atoms with E-state index >= 15 is 0 Å². The molecule has 9 nitrogen and oxygen atoms in total. The van der Waals surface area contributed by atoms with Crippen molar-refractivity contribution in [2.45, 2.75) is 107 Å². The Hall–Kier alpha value is -2.60. The molecular weight excluding hydrogens is 554 g/mol. The number of carbonyl (C=O) groups is 2. The number of carbonyl (C=O) groups excluding carboxylic acids is 2. The fourth-order valence-electron chi connectivity index (χ4n) is 6.94. The number of aromatic nitrogens is 2. The molecule has 41 heavy (non-hydrogen) atoms. The van der Waals surface area contributed by atoms with Gasteiger partial charge in [0.2, 0.25) is 17.7 Å². The zero-order valence-electron chi connectivity index (χ0n) is 23.8. The highest BCUT2D eigenvalue weighted by atomic mass is 32.1. The van der Waals surface area contributed by atoms with Crippen LogP contribution in [0.3, 0.4) is 0 Å². The van der Waals surface area contributed by atoms with Crippen LogP contribution in [0.25, 0.3) is 0 Å². The number of thiophene rings is 1. The molecule has 4 fully saturated rings. The van der Waals surface area contributed by atoms with Crippen LogP contribution in [-0.4, -0.2) is 80.4 Å². The lowest BCUT2D eigenvalue weighted by Gasteiger charge is -2.54. The molecular formula is C29H38F2N4O5S. The monoisotopic (exact) mass is 592 g/mol. The van der Waals surface area contributed by atoms with Gasteiger partial charge in [-0.3, -0.25) is 9.69 Å². The summed E-state index contributed by atoms with van der Waals surface area (Å²) in [6.45, 7) is 6.48. The number of halogens is 2. The van der Waals surface area contributed by atoms with Gasteiger partial charge in [0, 0.05) is 50.2 Å². The highest BCUT2D eigenvalue weighted by Gasteiger charge is 2.55. The smallest absolute Gasteiger partial charge is 0.410 e. The molecule has 2 aliphatic heterocycles. The normalized spacial score (nSPS) is 27.3. The second-order valence-electron chi connectivity index (χ2n) is 13.4. The Morgan fingerprint density at radius 1 is 1.17 bits per heavy atom. The Labute approximate surface area is 242 Å². The first-order valence-corrected chi connectivity index (χ1v) is 15.5. The SMILES string of the molecule is CC(C)(C)OC(=O)N1CC2(CCC2)[C@H](O)C[C@H]1C(=O)N1CCC(c2ccsc2)(c2noc(C3CC(F)(F)C3)n2)CC1. The van der Waals surface area contributed by atoms with Crippen molar-refractivity contribution in [3.8, 4) is 0 Å². The molecule has 4 aliphatic rings. The minimum absolute atomic E-state index is 0.185. The van der Waals surface area contributed by atoms with Crippen LogP contribution >= 0.6 is 11.3 Å². The molecule has 1 N–H and O–H groups in total. The van der Waals surface area contributed by atoms with Crippen molar-refractivity contribution in [1.29, 1.82) is 0 Å². The molecule has 2 atom stereocenters. The zero-order valence-corrected chi connectivity index (χ0v) is 24.6. The summed E-state index contributed by atoms with van der Waals surface area (Å²) in [5.41, 5.74) is -0.684. The highest BCUT2D eigenvalue weighted by Crippen LogP contribution is 2.51. The fourth-order valence-corrected chi connectivity index (χ4v) is 7.70. The van der Waals surface area contributed by atoms with Crippen molar-refractivity contribution in [3.63, 3.8) is 0 Å². The molecule has 0 aromatic carbocycles. The van der Waals surface area contributed by atoms with E-state index in [1.807, 2.05) is 16.8 Å². The molecule has 0 radical (unpaired) electrons. The first-order chi connectivity index (χ1) is 19.3. The molecule has 1 spiro atoms. The topological polar surface area (TPSA) is 109 Å². The number of piperidine rings is 2. The standard InChI is InChI=1S/C29H38F2N4O5S/c1-26(2,3)39-25(38)35-17-27(6-4-7-27)21(36)13-20(35)23(37)34-10-8-28(9-11-34,19-5-12-41-16-19)24-32-22(40-33-24)18-14-29(30,31)15-18/h5,12,16,18,20-21,36H,4,6-11,13-15,17H2,1-3H3/t20-,21+/m0/s1. The van der Waals surface area contributed by atoms with Gasteiger partial charge in [-0.05, 0) is 68.8 Å². The predicted octanol–water partition coefficient (Wildman–Crippen LogP) is 5.09. The van der Waals surface area contributed by atoms with E-state index in [1.165, 1.54) is 0 Å². The number of hydrogen-bond acceptors (Lipinski definition) is 8. The van der Waals surface area contributed by atoms with Crippen LogP contribution in [0, 0.1) is 5.41 Å². The Bertz CT molecular complexity index is 1270. The van der Waals surface area contributed by atoms with E-state index in [0.717, 1.165) is 24.8 Å². The Morgan fingerprint density at radius 2 is 1.88 bits per heavy atom. The van der Waals surface area contributed by atoms with E-state index in [9.17, 15) is 23.5 Å². The molecule has 2 saturated carbocycles. The van der Waals surface area contributed by atoms with Crippen molar-refractivity contribution in [2.75, 3.05) is 19.6 Å². The number of hydrogen-bond donors (Lipinski definition) is 1. The molecule has 2 aromatic heterocycles.